The molecule has 0 aliphatic carbocycles. The number of hydrogen-bond acceptors (Lipinski definition) is 2. The molecule has 0 unspecified atom stereocenters. The Hall–Kier alpha value is -1.86. The van der Waals surface area contributed by atoms with Crippen molar-refractivity contribution in [3.05, 3.63) is 57.8 Å². The summed E-state index contributed by atoms with van der Waals surface area (Å²) in [5.41, 5.74) is 1.11. The average Bonchev–Trinajstić information content (AvgIpc) is 2.34. The minimum absolute atomic E-state index is 0.309. The third-order valence-electron chi connectivity index (χ3n) is 2.42. The fraction of sp³-hybridized carbons (Fsp3) is 0.0714. The smallest absolute Gasteiger partial charge is 0.145 e. The first-order valence-corrected chi connectivity index (χ1v) is 6.03. The van der Waals surface area contributed by atoms with Crippen LogP contribution in [0.25, 0.3) is 0 Å². The summed E-state index contributed by atoms with van der Waals surface area (Å²) in [6.07, 6.45) is 0. The molecule has 0 N–H and O–H groups in total. The van der Waals surface area contributed by atoms with Crippen LogP contribution in [0.2, 0.25) is 0 Å². The number of benzene rings is 2. The van der Waals surface area contributed by atoms with Crippen molar-refractivity contribution in [1.29, 1.82) is 5.26 Å². The van der Waals surface area contributed by atoms with Crippen LogP contribution in [0.3, 0.4) is 0 Å². The summed E-state index contributed by atoms with van der Waals surface area (Å²) in [6, 6.07) is 11.5. The van der Waals surface area contributed by atoms with Crippen LogP contribution in [0.15, 0.2) is 40.9 Å². The highest BCUT2D eigenvalue weighted by molar-refractivity contribution is 9.10. The van der Waals surface area contributed by atoms with Gasteiger partial charge in [-0.1, -0.05) is 15.9 Å². The van der Waals surface area contributed by atoms with Gasteiger partial charge in [-0.2, -0.15) is 5.26 Å². The van der Waals surface area contributed by atoms with Gasteiger partial charge in [0.25, 0.3) is 0 Å². The summed E-state index contributed by atoms with van der Waals surface area (Å²) in [5.74, 6) is 0.682. The molecule has 4 heteroatoms. The number of hydrogen-bond donors (Lipinski definition) is 0. The number of halogens is 2. The van der Waals surface area contributed by atoms with E-state index in [0.29, 0.717) is 22.6 Å². The van der Waals surface area contributed by atoms with E-state index in [1.807, 2.05) is 0 Å². The third kappa shape index (κ3) is 2.69. The Labute approximate surface area is 113 Å². The molecular weight excluding hydrogens is 297 g/mol. The molecule has 2 aromatic rings. The second kappa shape index (κ2) is 5.19. The van der Waals surface area contributed by atoms with Crippen LogP contribution >= 0.6 is 15.9 Å². The van der Waals surface area contributed by atoms with Crippen LogP contribution < -0.4 is 4.74 Å². The Bertz CT molecular complexity index is 634. The molecule has 0 saturated heterocycles. The predicted molar refractivity (Wildman–Crippen MR) is 70.1 cm³/mol. The molecule has 0 radical (unpaired) electrons. The number of nitrogens with zero attached hydrogens (tertiary/aromatic N) is 1. The summed E-state index contributed by atoms with van der Waals surface area (Å²) in [4.78, 5) is 0. The van der Waals surface area contributed by atoms with Gasteiger partial charge in [0.2, 0.25) is 0 Å². The topological polar surface area (TPSA) is 33.0 Å². The largest absolute Gasteiger partial charge is 0.456 e. The molecule has 0 atom stereocenters. The zero-order chi connectivity index (χ0) is 13.1. The van der Waals surface area contributed by atoms with Crippen molar-refractivity contribution >= 4 is 15.9 Å². The molecule has 0 aromatic heterocycles. The van der Waals surface area contributed by atoms with Crippen LogP contribution in [0.4, 0.5) is 4.39 Å². The van der Waals surface area contributed by atoms with E-state index in [4.69, 9.17) is 10.00 Å². The van der Waals surface area contributed by atoms with E-state index in [9.17, 15) is 4.39 Å². The van der Waals surface area contributed by atoms with Gasteiger partial charge in [-0.05, 0) is 48.9 Å². The van der Waals surface area contributed by atoms with Crippen LogP contribution in [0.1, 0.15) is 11.1 Å². The van der Waals surface area contributed by atoms with E-state index in [1.54, 1.807) is 31.2 Å². The first-order chi connectivity index (χ1) is 8.60. The molecule has 0 amide bonds. The minimum Gasteiger partial charge on any atom is -0.456 e. The SMILES string of the molecule is Cc1cc(F)ccc1Oc1ccc(Br)cc1C#N. The van der Waals surface area contributed by atoms with E-state index in [-0.39, 0.29) is 5.82 Å². The molecular formula is C14H9BrFNO. The second-order valence-electron chi connectivity index (χ2n) is 3.76. The van der Waals surface area contributed by atoms with Crippen LogP contribution in [0, 0.1) is 24.1 Å². The minimum atomic E-state index is -0.309. The number of rotatable bonds is 2. The monoisotopic (exact) mass is 305 g/mol. The lowest BCUT2D eigenvalue weighted by molar-refractivity contribution is 0.475. The fourth-order valence-corrected chi connectivity index (χ4v) is 1.89. The molecule has 18 heavy (non-hydrogen) atoms. The fourth-order valence-electron chi connectivity index (χ4n) is 1.52. The van der Waals surface area contributed by atoms with Gasteiger partial charge in [-0.25, -0.2) is 4.39 Å². The van der Waals surface area contributed by atoms with E-state index >= 15 is 0 Å². The van der Waals surface area contributed by atoms with Crippen LogP contribution in [-0.2, 0) is 0 Å². The van der Waals surface area contributed by atoms with Crippen LogP contribution in [0.5, 0.6) is 11.5 Å². The molecule has 90 valence electrons. The quantitative estimate of drug-likeness (QED) is 0.815. The van der Waals surface area contributed by atoms with Crippen molar-refractivity contribution in [2.75, 3.05) is 0 Å². The summed E-state index contributed by atoms with van der Waals surface area (Å²) in [6.45, 7) is 1.75. The van der Waals surface area contributed by atoms with Gasteiger partial charge in [0.1, 0.15) is 23.4 Å². The summed E-state index contributed by atoms with van der Waals surface area (Å²) in [7, 11) is 0. The highest BCUT2D eigenvalue weighted by Gasteiger charge is 2.07. The average molecular weight is 306 g/mol. The van der Waals surface area contributed by atoms with Gasteiger partial charge in [0.15, 0.2) is 0 Å². The van der Waals surface area contributed by atoms with E-state index < -0.39 is 0 Å². The Morgan fingerprint density at radius 2 is 1.89 bits per heavy atom. The van der Waals surface area contributed by atoms with E-state index in [2.05, 4.69) is 22.0 Å². The number of nitriles is 1. The molecule has 0 fully saturated rings. The van der Waals surface area contributed by atoms with Gasteiger partial charge >= 0.3 is 0 Å². The highest BCUT2D eigenvalue weighted by Crippen LogP contribution is 2.29. The maximum absolute atomic E-state index is 13.0. The molecule has 0 spiro atoms. The highest BCUT2D eigenvalue weighted by atomic mass is 79.9. The van der Waals surface area contributed by atoms with Crippen molar-refractivity contribution < 1.29 is 9.13 Å². The Morgan fingerprint density at radius 1 is 1.17 bits per heavy atom. The lowest BCUT2D eigenvalue weighted by Gasteiger charge is -2.10. The van der Waals surface area contributed by atoms with Crippen LogP contribution in [-0.4, -0.2) is 0 Å². The van der Waals surface area contributed by atoms with Gasteiger partial charge in [-0.15, -0.1) is 0 Å². The van der Waals surface area contributed by atoms with E-state index in [1.165, 1.54) is 12.1 Å². The van der Waals surface area contributed by atoms with Crippen molar-refractivity contribution in [2.45, 2.75) is 6.92 Å². The molecule has 2 rings (SSSR count). The zero-order valence-corrected chi connectivity index (χ0v) is 11.2. The summed E-state index contributed by atoms with van der Waals surface area (Å²) in [5, 5.41) is 9.02. The molecule has 0 bridgehead atoms. The maximum Gasteiger partial charge on any atom is 0.145 e. The van der Waals surface area contributed by atoms with Crippen molar-refractivity contribution in [1.82, 2.24) is 0 Å². The molecule has 0 aliphatic heterocycles. The van der Waals surface area contributed by atoms with Gasteiger partial charge in [0.05, 0.1) is 5.56 Å². The molecule has 0 aliphatic rings. The van der Waals surface area contributed by atoms with Gasteiger partial charge in [-0.3, -0.25) is 0 Å². The Balaban J connectivity index is 2.37. The normalized spacial score (nSPS) is 9.89. The number of ether oxygens (including phenoxy) is 1. The van der Waals surface area contributed by atoms with Crippen molar-refractivity contribution in [2.24, 2.45) is 0 Å². The Kier molecular flexibility index (Phi) is 3.63. The van der Waals surface area contributed by atoms with Gasteiger partial charge in [0, 0.05) is 4.47 Å². The van der Waals surface area contributed by atoms with Crippen molar-refractivity contribution in [3.8, 4) is 17.6 Å². The molecule has 0 heterocycles. The molecule has 0 saturated carbocycles. The van der Waals surface area contributed by atoms with Gasteiger partial charge < -0.3 is 4.74 Å². The van der Waals surface area contributed by atoms with Crippen molar-refractivity contribution in [3.63, 3.8) is 0 Å². The molecule has 2 aromatic carbocycles. The molecule has 2 nitrogen and oxygen atoms in total. The lowest BCUT2D eigenvalue weighted by atomic mass is 10.2. The third-order valence-corrected chi connectivity index (χ3v) is 2.91. The zero-order valence-electron chi connectivity index (χ0n) is 9.58. The Morgan fingerprint density at radius 3 is 2.56 bits per heavy atom. The lowest BCUT2D eigenvalue weighted by Crippen LogP contribution is -1.91. The first-order valence-electron chi connectivity index (χ1n) is 5.24. The summed E-state index contributed by atoms with van der Waals surface area (Å²) >= 11 is 3.29. The second-order valence-corrected chi connectivity index (χ2v) is 4.68. The van der Waals surface area contributed by atoms with E-state index in [0.717, 1.165) is 4.47 Å². The standard InChI is InChI=1S/C14H9BrFNO/c1-9-6-12(16)3-5-13(9)18-14-4-2-11(15)7-10(14)8-17/h2-7H,1H3. The summed E-state index contributed by atoms with van der Waals surface area (Å²) < 4.78 is 19.4. The maximum atomic E-state index is 13.0. The predicted octanol–water partition coefficient (Wildman–Crippen LogP) is 4.56. The number of aryl methyl sites for hydroxylation is 1. The first kappa shape index (κ1) is 12.6.